The lowest BCUT2D eigenvalue weighted by atomic mass is 10.2. The van der Waals surface area contributed by atoms with E-state index < -0.39 is 6.04 Å². The van der Waals surface area contributed by atoms with Crippen molar-refractivity contribution in [2.45, 2.75) is 19.4 Å². The summed E-state index contributed by atoms with van der Waals surface area (Å²) in [6.45, 7) is 5.47. The topological polar surface area (TPSA) is 55.6 Å². The molecular weight excluding hydrogens is 172 g/mol. The first-order valence-corrected chi connectivity index (χ1v) is 4.67. The molecule has 0 unspecified atom stereocenters. The first kappa shape index (κ1) is 10.4. The summed E-state index contributed by atoms with van der Waals surface area (Å²) in [5, 5.41) is 10.6. The van der Waals surface area contributed by atoms with Crippen LogP contribution in [0.4, 0.5) is 0 Å². The number of hydrogen-bond acceptors (Lipinski definition) is 4. The quantitative estimate of drug-likeness (QED) is 0.472. The molecule has 0 saturated carbocycles. The highest BCUT2D eigenvalue weighted by molar-refractivity contribution is 4.66. The average Bonchev–Trinajstić information content (AvgIpc) is 2.15. The molecule has 1 fully saturated rings. The Bertz CT molecular complexity index is 169. The second kappa shape index (κ2) is 5.14. The van der Waals surface area contributed by atoms with Gasteiger partial charge in [-0.3, -0.25) is 15.0 Å². The minimum Gasteiger partial charge on any atom is -0.379 e. The zero-order chi connectivity index (χ0) is 9.68. The van der Waals surface area contributed by atoms with Crippen LogP contribution in [0.15, 0.2) is 0 Å². The van der Waals surface area contributed by atoms with Crippen LogP contribution in [-0.2, 0) is 4.74 Å². The highest BCUT2D eigenvalue weighted by Crippen LogP contribution is 2.03. The Labute approximate surface area is 77.8 Å². The average molecular weight is 188 g/mol. The number of rotatable bonds is 4. The van der Waals surface area contributed by atoms with E-state index in [1.807, 2.05) is 6.92 Å². The summed E-state index contributed by atoms with van der Waals surface area (Å²) in [7, 11) is 0. The van der Waals surface area contributed by atoms with Gasteiger partial charge in [0.1, 0.15) is 0 Å². The monoisotopic (exact) mass is 188 g/mol. The van der Waals surface area contributed by atoms with Gasteiger partial charge in [-0.05, 0) is 0 Å². The van der Waals surface area contributed by atoms with E-state index in [-0.39, 0.29) is 4.92 Å². The van der Waals surface area contributed by atoms with Crippen LogP contribution in [-0.4, -0.2) is 48.7 Å². The molecule has 0 aromatic carbocycles. The molecule has 0 aliphatic carbocycles. The van der Waals surface area contributed by atoms with Gasteiger partial charge in [-0.15, -0.1) is 0 Å². The molecule has 5 nitrogen and oxygen atoms in total. The van der Waals surface area contributed by atoms with Gasteiger partial charge in [0.15, 0.2) is 0 Å². The third kappa shape index (κ3) is 3.28. The van der Waals surface area contributed by atoms with Gasteiger partial charge in [0, 0.05) is 24.4 Å². The van der Waals surface area contributed by atoms with Crippen molar-refractivity contribution in [2.24, 2.45) is 0 Å². The van der Waals surface area contributed by atoms with E-state index in [1.54, 1.807) is 0 Å². The maximum Gasteiger partial charge on any atom is 0.225 e. The van der Waals surface area contributed by atoms with Crippen molar-refractivity contribution < 1.29 is 9.66 Å². The van der Waals surface area contributed by atoms with Crippen LogP contribution in [0.25, 0.3) is 0 Å². The molecule has 0 aromatic rings. The molecule has 0 amide bonds. The summed E-state index contributed by atoms with van der Waals surface area (Å²) in [4.78, 5) is 12.5. The predicted molar refractivity (Wildman–Crippen MR) is 48.3 cm³/mol. The molecule has 1 aliphatic heterocycles. The summed E-state index contributed by atoms with van der Waals surface area (Å²) in [5.74, 6) is 0. The molecule has 1 heterocycles. The van der Waals surface area contributed by atoms with Gasteiger partial charge in [-0.1, -0.05) is 6.92 Å². The normalized spacial score (nSPS) is 21.3. The zero-order valence-corrected chi connectivity index (χ0v) is 7.94. The van der Waals surface area contributed by atoms with Gasteiger partial charge in [-0.25, -0.2) is 0 Å². The predicted octanol–water partition coefficient (Wildman–Crippen LogP) is 0.374. The van der Waals surface area contributed by atoms with Crippen LogP contribution in [0.1, 0.15) is 13.3 Å². The van der Waals surface area contributed by atoms with Crippen molar-refractivity contribution in [3.63, 3.8) is 0 Å². The van der Waals surface area contributed by atoms with E-state index in [4.69, 9.17) is 4.74 Å². The number of nitrogens with zero attached hydrogens (tertiary/aromatic N) is 2. The van der Waals surface area contributed by atoms with Gasteiger partial charge in [-0.2, -0.15) is 0 Å². The third-order valence-electron chi connectivity index (χ3n) is 2.34. The molecule has 0 radical (unpaired) electrons. The minimum atomic E-state index is -0.418. The van der Waals surface area contributed by atoms with E-state index in [0.29, 0.717) is 26.2 Å². The fraction of sp³-hybridized carbons (Fsp3) is 1.00. The summed E-state index contributed by atoms with van der Waals surface area (Å²) in [5.41, 5.74) is 0. The Balaban J connectivity index is 2.31. The second-order valence-corrected chi connectivity index (χ2v) is 3.26. The third-order valence-corrected chi connectivity index (χ3v) is 2.34. The van der Waals surface area contributed by atoms with Crippen molar-refractivity contribution in [1.29, 1.82) is 0 Å². The molecule has 0 aromatic heterocycles. The fourth-order valence-corrected chi connectivity index (χ4v) is 1.43. The lowest BCUT2D eigenvalue weighted by molar-refractivity contribution is -0.523. The van der Waals surface area contributed by atoms with Crippen LogP contribution >= 0.6 is 0 Å². The van der Waals surface area contributed by atoms with Crippen LogP contribution in [0.3, 0.4) is 0 Å². The van der Waals surface area contributed by atoms with Gasteiger partial charge in [0.05, 0.1) is 19.8 Å². The van der Waals surface area contributed by atoms with Crippen molar-refractivity contribution >= 4 is 0 Å². The van der Waals surface area contributed by atoms with E-state index in [9.17, 15) is 10.1 Å². The Morgan fingerprint density at radius 2 is 2.15 bits per heavy atom. The van der Waals surface area contributed by atoms with Crippen LogP contribution < -0.4 is 0 Å². The van der Waals surface area contributed by atoms with Gasteiger partial charge in [0.25, 0.3) is 0 Å². The molecule has 0 spiro atoms. The zero-order valence-electron chi connectivity index (χ0n) is 7.94. The van der Waals surface area contributed by atoms with E-state index in [0.717, 1.165) is 13.1 Å². The number of nitro groups is 1. The standard InChI is InChI=1S/C8H16N2O3/c1-2-8(10(11)12)7-9-3-5-13-6-4-9/h8H,2-7H2,1H3/t8-/m0/s1. The maximum atomic E-state index is 10.6. The van der Waals surface area contributed by atoms with Crippen molar-refractivity contribution in [1.82, 2.24) is 4.90 Å². The molecule has 0 N–H and O–H groups in total. The minimum absolute atomic E-state index is 0.185. The molecule has 1 saturated heterocycles. The summed E-state index contributed by atoms with van der Waals surface area (Å²) in [6.07, 6.45) is 0.602. The summed E-state index contributed by atoms with van der Waals surface area (Å²) in [6, 6.07) is -0.418. The smallest absolute Gasteiger partial charge is 0.225 e. The lowest BCUT2D eigenvalue weighted by Gasteiger charge is -2.27. The Kier molecular flexibility index (Phi) is 4.11. The van der Waals surface area contributed by atoms with E-state index in [2.05, 4.69) is 4.90 Å². The van der Waals surface area contributed by atoms with Gasteiger partial charge in [0.2, 0.25) is 6.04 Å². The lowest BCUT2D eigenvalue weighted by Crippen LogP contribution is -2.42. The molecule has 1 aliphatic rings. The summed E-state index contributed by atoms with van der Waals surface area (Å²) >= 11 is 0. The second-order valence-electron chi connectivity index (χ2n) is 3.26. The van der Waals surface area contributed by atoms with E-state index >= 15 is 0 Å². The van der Waals surface area contributed by atoms with Crippen LogP contribution in [0, 0.1) is 10.1 Å². The number of ether oxygens (including phenoxy) is 1. The number of morpholine rings is 1. The molecule has 76 valence electrons. The maximum absolute atomic E-state index is 10.6. The van der Waals surface area contributed by atoms with Crippen molar-refractivity contribution in [3.8, 4) is 0 Å². The van der Waals surface area contributed by atoms with Gasteiger partial charge < -0.3 is 4.74 Å². The highest BCUT2D eigenvalue weighted by Gasteiger charge is 2.22. The van der Waals surface area contributed by atoms with Crippen LogP contribution in [0.5, 0.6) is 0 Å². The highest BCUT2D eigenvalue weighted by atomic mass is 16.6. The van der Waals surface area contributed by atoms with E-state index in [1.165, 1.54) is 0 Å². The first-order chi connectivity index (χ1) is 6.24. The molecule has 5 heteroatoms. The first-order valence-electron chi connectivity index (χ1n) is 4.67. The molecule has 0 bridgehead atoms. The Hall–Kier alpha value is -0.680. The fourth-order valence-electron chi connectivity index (χ4n) is 1.43. The molecule has 1 atom stereocenters. The Morgan fingerprint density at radius 1 is 1.54 bits per heavy atom. The van der Waals surface area contributed by atoms with Crippen molar-refractivity contribution in [2.75, 3.05) is 32.8 Å². The van der Waals surface area contributed by atoms with Crippen LogP contribution in [0.2, 0.25) is 0 Å². The molecule has 1 rings (SSSR count). The SMILES string of the molecule is CC[C@@H](CN1CCOCC1)[N+](=O)[O-]. The summed E-state index contributed by atoms with van der Waals surface area (Å²) < 4.78 is 5.16. The van der Waals surface area contributed by atoms with Crippen molar-refractivity contribution in [3.05, 3.63) is 10.1 Å². The van der Waals surface area contributed by atoms with Gasteiger partial charge >= 0.3 is 0 Å². The molecule has 13 heavy (non-hydrogen) atoms. The Morgan fingerprint density at radius 3 is 2.62 bits per heavy atom. The molecular formula is C8H16N2O3. The number of hydrogen-bond donors (Lipinski definition) is 0. The largest absolute Gasteiger partial charge is 0.379 e.